The van der Waals surface area contributed by atoms with E-state index in [1.807, 2.05) is 39.0 Å². The summed E-state index contributed by atoms with van der Waals surface area (Å²) in [7, 11) is 0. The largest absolute Gasteiger partial charge is 0.444 e. The van der Waals surface area contributed by atoms with Gasteiger partial charge in [-0.2, -0.15) is 0 Å². The standard InChI is InChI=1S/C19H28N2O2/c1-16(17-8-6-5-7-9-17)10-11-20-12-14-21(15-13-20)18(22)23-19(2,3)4/h5-9H,1,10-15H2,2-4H3. The maximum atomic E-state index is 12.0. The molecule has 0 aromatic heterocycles. The minimum absolute atomic E-state index is 0.203. The molecule has 1 aliphatic heterocycles. The molecule has 0 saturated carbocycles. The second-order valence-corrected chi connectivity index (χ2v) is 7.03. The fourth-order valence-corrected chi connectivity index (χ4v) is 2.59. The lowest BCUT2D eigenvalue weighted by molar-refractivity contribution is 0.0147. The van der Waals surface area contributed by atoms with Gasteiger partial charge in [0.1, 0.15) is 5.60 Å². The summed E-state index contributed by atoms with van der Waals surface area (Å²) in [5.41, 5.74) is 1.95. The minimum atomic E-state index is -0.429. The lowest BCUT2D eigenvalue weighted by atomic mass is 10.0. The van der Waals surface area contributed by atoms with Crippen LogP contribution in [-0.4, -0.2) is 54.2 Å². The summed E-state index contributed by atoms with van der Waals surface area (Å²) < 4.78 is 5.42. The number of nitrogens with zero attached hydrogens (tertiary/aromatic N) is 2. The molecular weight excluding hydrogens is 288 g/mol. The fraction of sp³-hybridized carbons (Fsp3) is 0.526. The Hall–Kier alpha value is -1.81. The van der Waals surface area contributed by atoms with E-state index in [1.54, 1.807) is 4.90 Å². The van der Waals surface area contributed by atoms with Crippen molar-refractivity contribution in [1.82, 2.24) is 9.80 Å². The second kappa shape index (κ2) is 7.64. The molecule has 0 aliphatic carbocycles. The Morgan fingerprint density at radius 3 is 2.30 bits per heavy atom. The molecule has 0 unspecified atom stereocenters. The molecule has 4 heteroatoms. The molecule has 1 aromatic carbocycles. The smallest absolute Gasteiger partial charge is 0.410 e. The Labute approximate surface area is 139 Å². The van der Waals surface area contributed by atoms with Gasteiger partial charge in [0.2, 0.25) is 0 Å². The SMILES string of the molecule is C=C(CCN1CCN(C(=O)OC(C)(C)C)CC1)c1ccccc1. The molecule has 1 amide bonds. The van der Waals surface area contributed by atoms with Crippen LogP contribution in [0.2, 0.25) is 0 Å². The van der Waals surface area contributed by atoms with Crippen LogP contribution in [-0.2, 0) is 4.74 Å². The van der Waals surface area contributed by atoms with Gasteiger partial charge in [0.25, 0.3) is 0 Å². The number of hydrogen-bond acceptors (Lipinski definition) is 3. The molecule has 4 nitrogen and oxygen atoms in total. The van der Waals surface area contributed by atoms with E-state index in [2.05, 4.69) is 23.6 Å². The Kier molecular flexibility index (Phi) is 5.83. The van der Waals surface area contributed by atoms with Crippen LogP contribution < -0.4 is 0 Å². The van der Waals surface area contributed by atoms with Crippen LogP contribution in [0.25, 0.3) is 5.57 Å². The van der Waals surface area contributed by atoms with E-state index in [-0.39, 0.29) is 6.09 Å². The van der Waals surface area contributed by atoms with Gasteiger partial charge in [0.15, 0.2) is 0 Å². The Morgan fingerprint density at radius 1 is 1.13 bits per heavy atom. The molecule has 1 aliphatic rings. The lowest BCUT2D eigenvalue weighted by Gasteiger charge is -2.35. The first-order valence-corrected chi connectivity index (χ1v) is 8.28. The molecule has 1 aromatic rings. The van der Waals surface area contributed by atoms with Crippen molar-refractivity contribution < 1.29 is 9.53 Å². The van der Waals surface area contributed by atoms with Crippen molar-refractivity contribution in [2.45, 2.75) is 32.8 Å². The maximum Gasteiger partial charge on any atom is 0.410 e. The molecule has 0 radical (unpaired) electrons. The third kappa shape index (κ3) is 5.71. The summed E-state index contributed by atoms with van der Waals surface area (Å²) >= 11 is 0. The monoisotopic (exact) mass is 316 g/mol. The van der Waals surface area contributed by atoms with Crippen LogP contribution >= 0.6 is 0 Å². The quantitative estimate of drug-likeness (QED) is 0.850. The van der Waals surface area contributed by atoms with E-state index < -0.39 is 5.60 Å². The molecule has 0 atom stereocenters. The van der Waals surface area contributed by atoms with Gasteiger partial charge in [-0.05, 0) is 38.3 Å². The van der Waals surface area contributed by atoms with Gasteiger partial charge in [-0.3, -0.25) is 4.90 Å². The maximum absolute atomic E-state index is 12.0. The normalized spacial score (nSPS) is 16.2. The van der Waals surface area contributed by atoms with Crippen LogP contribution in [0.3, 0.4) is 0 Å². The van der Waals surface area contributed by atoms with Gasteiger partial charge in [-0.15, -0.1) is 0 Å². The number of hydrogen-bond donors (Lipinski definition) is 0. The van der Waals surface area contributed by atoms with E-state index in [1.165, 1.54) is 11.1 Å². The second-order valence-electron chi connectivity index (χ2n) is 7.03. The van der Waals surface area contributed by atoms with Crippen LogP contribution in [0.1, 0.15) is 32.8 Å². The zero-order chi connectivity index (χ0) is 16.9. The predicted molar refractivity (Wildman–Crippen MR) is 94.3 cm³/mol. The number of amides is 1. The summed E-state index contributed by atoms with van der Waals surface area (Å²) in [4.78, 5) is 16.2. The Bertz CT molecular complexity index is 526. The van der Waals surface area contributed by atoms with E-state index in [9.17, 15) is 4.79 Å². The average Bonchev–Trinajstić information content (AvgIpc) is 2.52. The summed E-state index contributed by atoms with van der Waals surface area (Å²) in [5.74, 6) is 0. The van der Waals surface area contributed by atoms with Crippen molar-refractivity contribution in [2.24, 2.45) is 0 Å². The highest BCUT2D eigenvalue weighted by atomic mass is 16.6. The van der Waals surface area contributed by atoms with E-state index in [0.717, 1.165) is 39.1 Å². The molecule has 2 rings (SSSR count). The van der Waals surface area contributed by atoms with Crippen LogP contribution in [0.5, 0.6) is 0 Å². The number of piperazine rings is 1. The number of ether oxygens (including phenoxy) is 1. The summed E-state index contributed by atoms with van der Waals surface area (Å²) in [6.45, 7) is 14.1. The van der Waals surface area contributed by atoms with Crippen molar-refractivity contribution in [3.63, 3.8) is 0 Å². The van der Waals surface area contributed by atoms with Crippen molar-refractivity contribution in [1.29, 1.82) is 0 Å². The van der Waals surface area contributed by atoms with Crippen LogP contribution in [0.15, 0.2) is 36.9 Å². The van der Waals surface area contributed by atoms with Gasteiger partial charge >= 0.3 is 6.09 Å². The predicted octanol–water partition coefficient (Wildman–Crippen LogP) is 3.64. The Balaban J connectivity index is 1.73. The lowest BCUT2D eigenvalue weighted by Crippen LogP contribution is -2.50. The highest BCUT2D eigenvalue weighted by molar-refractivity contribution is 5.68. The molecule has 23 heavy (non-hydrogen) atoms. The molecular formula is C19H28N2O2. The molecule has 0 spiro atoms. The number of rotatable bonds is 4. The first-order chi connectivity index (χ1) is 10.8. The average molecular weight is 316 g/mol. The first-order valence-electron chi connectivity index (χ1n) is 8.28. The topological polar surface area (TPSA) is 32.8 Å². The summed E-state index contributed by atoms with van der Waals surface area (Å²) in [6.07, 6.45) is 0.752. The summed E-state index contributed by atoms with van der Waals surface area (Å²) in [6, 6.07) is 10.3. The van der Waals surface area contributed by atoms with Crippen molar-refractivity contribution in [2.75, 3.05) is 32.7 Å². The molecule has 1 fully saturated rings. The van der Waals surface area contributed by atoms with E-state index in [4.69, 9.17) is 4.74 Å². The molecule has 0 N–H and O–H groups in total. The van der Waals surface area contributed by atoms with Gasteiger partial charge in [-0.1, -0.05) is 36.9 Å². The highest BCUT2D eigenvalue weighted by Gasteiger charge is 2.25. The van der Waals surface area contributed by atoms with Gasteiger partial charge in [0.05, 0.1) is 0 Å². The molecule has 1 heterocycles. The Morgan fingerprint density at radius 2 is 1.74 bits per heavy atom. The van der Waals surface area contributed by atoms with E-state index >= 15 is 0 Å². The van der Waals surface area contributed by atoms with Crippen molar-refractivity contribution >= 4 is 11.7 Å². The third-order valence-electron chi connectivity index (χ3n) is 3.94. The fourth-order valence-electron chi connectivity index (χ4n) is 2.59. The van der Waals surface area contributed by atoms with Crippen LogP contribution in [0, 0.1) is 0 Å². The third-order valence-corrected chi connectivity index (χ3v) is 3.94. The minimum Gasteiger partial charge on any atom is -0.444 e. The van der Waals surface area contributed by atoms with Crippen molar-refractivity contribution in [3.05, 3.63) is 42.5 Å². The first kappa shape index (κ1) is 17.5. The zero-order valence-electron chi connectivity index (χ0n) is 14.5. The van der Waals surface area contributed by atoms with E-state index in [0.29, 0.717) is 0 Å². The number of carbonyl (C=O) groups excluding carboxylic acids is 1. The molecule has 1 saturated heterocycles. The number of benzene rings is 1. The highest BCUT2D eigenvalue weighted by Crippen LogP contribution is 2.17. The van der Waals surface area contributed by atoms with Gasteiger partial charge in [0, 0.05) is 32.7 Å². The van der Waals surface area contributed by atoms with Gasteiger partial charge < -0.3 is 9.64 Å². The van der Waals surface area contributed by atoms with Crippen molar-refractivity contribution in [3.8, 4) is 0 Å². The van der Waals surface area contributed by atoms with Crippen LogP contribution in [0.4, 0.5) is 4.79 Å². The van der Waals surface area contributed by atoms with Gasteiger partial charge in [-0.25, -0.2) is 4.79 Å². The molecule has 0 bridgehead atoms. The zero-order valence-corrected chi connectivity index (χ0v) is 14.5. The molecule has 126 valence electrons. The summed E-state index contributed by atoms with van der Waals surface area (Å²) in [5, 5.41) is 0. The number of carbonyl (C=O) groups is 1.